The van der Waals surface area contributed by atoms with Gasteiger partial charge in [-0.2, -0.15) is 4.31 Å². The number of rotatable bonds is 8. The second-order valence-corrected chi connectivity index (χ2v) is 10.2. The molecule has 0 aromatic heterocycles. The monoisotopic (exact) mass is 409 g/mol. The average molecular weight is 410 g/mol. The van der Waals surface area contributed by atoms with Crippen molar-refractivity contribution in [2.75, 3.05) is 32.7 Å². The van der Waals surface area contributed by atoms with E-state index in [1.165, 1.54) is 6.07 Å². The summed E-state index contributed by atoms with van der Waals surface area (Å²) < 4.78 is 27.7. The zero-order valence-corrected chi connectivity index (χ0v) is 18.6. The molecular formula is C21H35N3O3S. The molecule has 1 aromatic carbocycles. The Bertz CT molecular complexity index is 754. The summed E-state index contributed by atoms with van der Waals surface area (Å²) in [5.41, 5.74) is 0.381. The highest BCUT2D eigenvalue weighted by Crippen LogP contribution is 2.27. The van der Waals surface area contributed by atoms with Gasteiger partial charge in [0.05, 0.1) is 4.90 Å². The lowest BCUT2D eigenvalue weighted by atomic mass is 9.94. The summed E-state index contributed by atoms with van der Waals surface area (Å²) in [5, 5.41) is 2.90. The molecule has 0 spiro atoms. The number of sulfonamides is 1. The molecule has 0 saturated carbocycles. The first-order chi connectivity index (χ1) is 13.1. The van der Waals surface area contributed by atoms with Crippen molar-refractivity contribution in [3.8, 4) is 0 Å². The minimum Gasteiger partial charge on any atom is -0.351 e. The van der Waals surface area contributed by atoms with E-state index in [4.69, 9.17) is 0 Å². The highest BCUT2D eigenvalue weighted by atomic mass is 32.2. The minimum absolute atomic E-state index is 0.193. The number of carbonyl (C=O) groups is 1. The number of amides is 1. The number of hydrogen-bond acceptors (Lipinski definition) is 4. The zero-order chi connectivity index (χ0) is 20.9. The van der Waals surface area contributed by atoms with Crippen molar-refractivity contribution in [3.05, 3.63) is 29.8 Å². The Kier molecular flexibility index (Phi) is 8.04. The molecule has 158 valence electrons. The van der Waals surface area contributed by atoms with Gasteiger partial charge < -0.3 is 5.32 Å². The minimum atomic E-state index is -3.59. The quantitative estimate of drug-likeness (QED) is 0.717. The summed E-state index contributed by atoms with van der Waals surface area (Å²) in [7, 11) is -3.59. The van der Waals surface area contributed by atoms with E-state index in [2.05, 4.69) is 44.8 Å². The maximum Gasteiger partial charge on any atom is 0.251 e. The van der Waals surface area contributed by atoms with Crippen LogP contribution in [0.25, 0.3) is 0 Å². The summed E-state index contributed by atoms with van der Waals surface area (Å²) in [4.78, 5) is 15.0. The van der Waals surface area contributed by atoms with Gasteiger partial charge in [0.15, 0.2) is 0 Å². The molecule has 0 aliphatic carbocycles. The summed E-state index contributed by atoms with van der Waals surface area (Å²) in [5.74, 6) is 0.442. The molecule has 0 radical (unpaired) electrons. The van der Waals surface area contributed by atoms with Gasteiger partial charge in [0, 0.05) is 37.8 Å². The highest BCUT2D eigenvalue weighted by Gasteiger charge is 2.31. The number of likely N-dealkylation sites (N-methyl/N-ethyl adjacent to an activating group) is 1. The molecule has 7 heteroatoms. The molecule has 6 nitrogen and oxygen atoms in total. The molecular weight excluding hydrogens is 374 g/mol. The Morgan fingerprint density at radius 2 is 1.89 bits per heavy atom. The molecule has 0 bridgehead atoms. The van der Waals surface area contributed by atoms with Gasteiger partial charge in [-0.05, 0) is 56.8 Å². The number of piperidine rings is 1. The molecule has 1 N–H and O–H groups in total. The fraction of sp³-hybridized carbons (Fsp3) is 0.667. The third-order valence-electron chi connectivity index (χ3n) is 5.39. The Hall–Kier alpha value is -1.44. The van der Waals surface area contributed by atoms with Gasteiger partial charge in [-0.1, -0.05) is 26.8 Å². The van der Waals surface area contributed by atoms with Gasteiger partial charge in [0.2, 0.25) is 10.0 Å². The number of benzene rings is 1. The maximum atomic E-state index is 13.1. The van der Waals surface area contributed by atoms with Crippen LogP contribution in [0, 0.1) is 11.8 Å². The van der Waals surface area contributed by atoms with E-state index < -0.39 is 10.0 Å². The van der Waals surface area contributed by atoms with Crippen LogP contribution in [0.5, 0.6) is 0 Å². The number of carbonyl (C=O) groups excluding carboxylic acids is 1. The van der Waals surface area contributed by atoms with E-state index >= 15 is 0 Å². The first-order valence-electron chi connectivity index (χ1n) is 10.3. The Morgan fingerprint density at radius 3 is 2.46 bits per heavy atom. The number of hydrogen-bond donors (Lipinski definition) is 1. The van der Waals surface area contributed by atoms with Crippen LogP contribution in [-0.4, -0.2) is 62.3 Å². The Balaban J connectivity index is 2.07. The highest BCUT2D eigenvalue weighted by molar-refractivity contribution is 7.89. The molecule has 2 rings (SSSR count). The van der Waals surface area contributed by atoms with E-state index in [0.29, 0.717) is 43.1 Å². The lowest BCUT2D eigenvalue weighted by molar-refractivity contribution is 0.0945. The van der Waals surface area contributed by atoms with Crippen molar-refractivity contribution in [3.63, 3.8) is 0 Å². The lowest BCUT2D eigenvalue weighted by Gasteiger charge is -2.34. The molecule has 1 heterocycles. The number of nitrogens with zero attached hydrogens (tertiary/aromatic N) is 2. The van der Waals surface area contributed by atoms with Gasteiger partial charge in [-0.25, -0.2) is 8.42 Å². The van der Waals surface area contributed by atoms with Crippen molar-refractivity contribution in [2.24, 2.45) is 11.8 Å². The zero-order valence-electron chi connectivity index (χ0n) is 17.8. The summed E-state index contributed by atoms with van der Waals surface area (Å²) >= 11 is 0. The van der Waals surface area contributed by atoms with Gasteiger partial charge in [0.1, 0.15) is 0 Å². The molecule has 1 aromatic rings. The lowest BCUT2D eigenvalue weighted by Crippen LogP contribution is -2.42. The van der Waals surface area contributed by atoms with E-state index in [1.54, 1.807) is 22.5 Å². The first kappa shape index (κ1) is 22.8. The molecule has 1 aliphatic rings. The van der Waals surface area contributed by atoms with Crippen molar-refractivity contribution < 1.29 is 13.2 Å². The Morgan fingerprint density at radius 1 is 1.25 bits per heavy atom. The van der Waals surface area contributed by atoms with Crippen LogP contribution in [0.3, 0.4) is 0 Å². The third kappa shape index (κ3) is 5.78. The fourth-order valence-corrected chi connectivity index (χ4v) is 5.67. The van der Waals surface area contributed by atoms with Crippen LogP contribution < -0.4 is 5.32 Å². The standard InChI is InChI=1S/C21H35N3O3S/c1-6-23(16(2)3)11-10-22-21(25)19-8-7-9-20(13-19)28(26,27)24-14-17(4)12-18(5)15-24/h7-9,13,16-18H,6,10-12,14-15H2,1-5H3,(H,22,25). The largest absolute Gasteiger partial charge is 0.351 e. The van der Waals surface area contributed by atoms with Crippen LogP contribution in [-0.2, 0) is 10.0 Å². The van der Waals surface area contributed by atoms with Crippen molar-refractivity contribution in [2.45, 2.75) is 52.0 Å². The van der Waals surface area contributed by atoms with Gasteiger partial charge in [-0.3, -0.25) is 9.69 Å². The summed E-state index contributed by atoms with van der Waals surface area (Å²) in [6, 6.07) is 6.80. The van der Waals surface area contributed by atoms with Crippen molar-refractivity contribution in [1.82, 2.24) is 14.5 Å². The van der Waals surface area contributed by atoms with Crippen LogP contribution in [0.15, 0.2) is 29.2 Å². The number of nitrogens with one attached hydrogen (secondary N) is 1. The smallest absolute Gasteiger partial charge is 0.251 e. The van der Waals surface area contributed by atoms with Crippen LogP contribution in [0.2, 0.25) is 0 Å². The van der Waals surface area contributed by atoms with Gasteiger partial charge in [0.25, 0.3) is 5.91 Å². The van der Waals surface area contributed by atoms with Crippen LogP contribution >= 0.6 is 0 Å². The van der Waals surface area contributed by atoms with E-state index in [-0.39, 0.29) is 10.8 Å². The first-order valence-corrected chi connectivity index (χ1v) is 11.7. The molecule has 1 saturated heterocycles. The molecule has 2 unspecified atom stereocenters. The molecule has 1 fully saturated rings. The van der Waals surface area contributed by atoms with E-state index in [1.807, 2.05) is 0 Å². The van der Waals surface area contributed by atoms with E-state index in [0.717, 1.165) is 19.5 Å². The molecule has 1 amide bonds. The van der Waals surface area contributed by atoms with Gasteiger partial charge >= 0.3 is 0 Å². The maximum absolute atomic E-state index is 13.1. The molecule has 2 atom stereocenters. The predicted octanol–water partition coefficient (Wildman–Crippen LogP) is 2.81. The molecule has 1 aliphatic heterocycles. The average Bonchev–Trinajstić information content (AvgIpc) is 2.64. The SMILES string of the molecule is CCN(CCNC(=O)c1cccc(S(=O)(=O)N2CC(C)CC(C)C2)c1)C(C)C. The fourth-order valence-electron chi connectivity index (χ4n) is 3.95. The van der Waals surface area contributed by atoms with Crippen molar-refractivity contribution >= 4 is 15.9 Å². The summed E-state index contributed by atoms with van der Waals surface area (Å²) in [6.07, 6.45) is 1.04. The third-order valence-corrected chi connectivity index (χ3v) is 7.22. The van der Waals surface area contributed by atoms with Gasteiger partial charge in [-0.15, -0.1) is 0 Å². The normalized spacial score (nSPS) is 21.2. The second kappa shape index (κ2) is 9.85. The second-order valence-electron chi connectivity index (χ2n) is 8.27. The van der Waals surface area contributed by atoms with E-state index in [9.17, 15) is 13.2 Å². The summed E-state index contributed by atoms with van der Waals surface area (Å²) in [6.45, 7) is 13.8. The van der Waals surface area contributed by atoms with Crippen molar-refractivity contribution in [1.29, 1.82) is 0 Å². The molecule has 28 heavy (non-hydrogen) atoms. The Labute approximate surface area is 170 Å². The van der Waals surface area contributed by atoms with Crippen LogP contribution in [0.1, 0.15) is 51.4 Å². The topological polar surface area (TPSA) is 69.7 Å². The predicted molar refractivity (Wildman–Crippen MR) is 113 cm³/mol. The van der Waals surface area contributed by atoms with Crippen LogP contribution in [0.4, 0.5) is 0 Å².